The zero-order valence-electron chi connectivity index (χ0n) is 24.0. The van der Waals surface area contributed by atoms with Gasteiger partial charge in [-0.1, -0.05) is 34.1 Å². The standard InChI is InChI=1S/2C6H13NO2.C5H9NO4.C4H9NO3.C2H5NO2/c1-4(2)3-5(7)6(8)9;1-3-4(2)5(7)6(8)9;6-3(5(9)10)1-2-4(7)8;1-2(6)3(5)4(7)8;3-1-2(4)5/h2*4-5H,3,7H2,1-2H3,(H,8,9);3H,1-2,6H2,(H,7,8)(H,9,10);2-3,6H,5H2,1H3,(H,7,8);1,3H2,(H,4,5)/t5-;4-,5-;3-;2-,3+;/m0001./s1. The van der Waals surface area contributed by atoms with Gasteiger partial charge in [0.1, 0.15) is 24.2 Å². The van der Waals surface area contributed by atoms with E-state index < -0.39 is 66.1 Å². The van der Waals surface area contributed by atoms with Crippen molar-refractivity contribution in [3.05, 3.63) is 0 Å². The Bertz CT molecular complexity index is 766. The van der Waals surface area contributed by atoms with E-state index in [1.165, 1.54) is 6.92 Å². The minimum absolute atomic E-state index is 0.0231. The topological polar surface area (TPSA) is 374 Å². The second-order valence-electron chi connectivity index (χ2n) is 8.90. The first-order chi connectivity index (χ1) is 18.5. The van der Waals surface area contributed by atoms with E-state index in [1.807, 2.05) is 27.7 Å². The van der Waals surface area contributed by atoms with E-state index in [0.29, 0.717) is 12.3 Å². The first-order valence-electron chi connectivity index (χ1n) is 12.2. The van der Waals surface area contributed by atoms with E-state index in [1.54, 1.807) is 0 Å². The van der Waals surface area contributed by atoms with Crippen LogP contribution in [-0.4, -0.2) is 108 Å². The third-order valence-corrected chi connectivity index (χ3v) is 4.55. The Labute approximate surface area is 238 Å². The Kier molecular flexibility index (Phi) is 32.5. The SMILES string of the molecule is CC(C)C[C@H](N)C(=O)O.CC[C@H](C)[C@H](N)C(=O)O.C[C@@H](O)[C@H](N)C(=O)O.NCC(=O)O.N[C@@H](CCC(=O)O)C(=O)O. The molecule has 0 unspecified atom stereocenters. The fourth-order valence-corrected chi connectivity index (χ4v) is 1.71. The van der Waals surface area contributed by atoms with Gasteiger partial charge in [-0.2, -0.15) is 0 Å². The van der Waals surface area contributed by atoms with Crippen LogP contribution in [0.25, 0.3) is 0 Å². The monoisotopic (exact) mass is 603 g/mol. The highest BCUT2D eigenvalue weighted by Gasteiger charge is 2.17. The molecule has 0 amide bonds. The first kappa shape index (κ1) is 47.4. The highest BCUT2D eigenvalue weighted by molar-refractivity contribution is 5.75. The molecule has 0 aliphatic rings. The molecule has 0 fully saturated rings. The Hall–Kier alpha value is -3.42. The summed E-state index contributed by atoms with van der Waals surface area (Å²) in [6.45, 7) is 8.70. The number of aliphatic carboxylic acids is 6. The summed E-state index contributed by atoms with van der Waals surface area (Å²) in [6, 6.07) is -3.61. The largest absolute Gasteiger partial charge is 0.481 e. The summed E-state index contributed by atoms with van der Waals surface area (Å²) in [5, 5.41) is 57.1. The second-order valence-corrected chi connectivity index (χ2v) is 8.90. The fraction of sp³-hybridized carbons (Fsp3) is 0.739. The molecule has 0 heterocycles. The van der Waals surface area contributed by atoms with E-state index in [-0.39, 0.29) is 25.3 Å². The molecule has 0 aromatic heterocycles. The number of aliphatic hydroxyl groups is 1. The number of hydrogen-bond donors (Lipinski definition) is 12. The Morgan fingerprint density at radius 3 is 1.12 bits per heavy atom. The van der Waals surface area contributed by atoms with E-state index in [0.717, 1.165) is 6.42 Å². The molecule has 0 bridgehead atoms. The summed E-state index contributed by atoms with van der Waals surface area (Å²) < 4.78 is 0. The van der Waals surface area contributed by atoms with Crippen molar-refractivity contribution in [2.24, 2.45) is 40.5 Å². The zero-order chi connectivity index (χ0) is 34.0. The predicted octanol–water partition coefficient (Wildman–Crippen LogP) is -2.04. The van der Waals surface area contributed by atoms with Gasteiger partial charge in [0.2, 0.25) is 0 Å². The highest BCUT2D eigenvalue weighted by atomic mass is 16.4. The number of carboxylic acids is 6. The van der Waals surface area contributed by atoms with Gasteiger partial charge in [-0.15, -0.1) is 0 Å². The number of carboxylic acid groups (broad SMARTS) is 6. The lowest BCUT2D eigenvalue weighted by Crippen LogP contribution is -2.39. The summed E-state index contributed by atoms with van der Waals surface area (Å²) in [5.74, 6) is -5.74. The molecule has 0 aliphatic heterocycles. The molecule has 0 radical (unpaired) electrons. The van der Waals surface area contributed by atoms with Crippen molar-refractivity contribution >= 4 is 35.8 Å². The molecule has 6 atom stereocenters. The molecule has 244 valence electrons. The van der Waals surface area contributed by atoms with Gasteiger partial charge >= 0.3 is 35.8 Å². The van der Waals surface area contributed by atoms with Crippen LogP contribution in [0.4, 0.5) is 0 Å². The minimum atomic E-state index is -1.18. The minimum Gasteiger partial charge on any atom is -0.481 e. The van der Waals surface area contributed by atoms with E-state index in [9.17, 15) is 28.8 Å². The molecule has 0 aliphatic carbocycles. The van der Waals surface area contributed by atoms with Crippen LogP contribution in [0.2, 0.25) is 0 Å². The van der Waals surface area contributed by atoms with Crippen LogP contribution in [0.15, 0.2) is 0 Å². The maximum Gasteiger partial charge on any atom is 0.323 e. The third-order valence-electron chi connectivity index (χ3n) is 4.55. The maximum atomic E-state index is 10.2. The van der Waals surface area contributed by atoms with Crippen molar-refractivity contribution in [1.29, 1.82) is 0 Å². The van der Waals surface area contributed by atoms with Gasteiger partial charge in [-0.05, 0) is 31.6 Å². The van der Waals surface area contributed by atoms with Gasteiger partial charge in [-0.3, -0.25) is 28.8 Å². The number of rotatable bonds is 13. The maximum absolute atomic E-state index is 10.2. The Morgan fingerprint density at radius 2 is 1.00 bits per heavy atom. The first-order valence-corrected chi connectivity index (χ1v) is 12.2. The van der Waals surface area contributed by atoms with Crippen LogP contribution >= 0.6 is 0 Å². The summed E-state index contributed by atoms with van der Waals surface area (Å²) >= 11 is 0. The molecule has 0 spiro atoms. The molecule has 41 heavy (non-hydrogen) atoms. The van der Waals surface area contributed by atoms with Gasteiger partial charge in [0.05, 0.1) is 12.6 Å². The molecule has 0 saturated carbocycles. The van der Waals surface area contributed by atoms with Crippen molar-refractivity contribution in [2.75, 3.05) is 6.54 Å². The molecular weight excluding hydrogens is 554 g/mol. The van der Waals surface area contributed by atoms with Gasteiger partial charge in [0.15, 0.2) is 0 Å². The lowest BCUT2D eigenvalue weighted by atomic mass is 10.0. The normalized spacial score (nSPS) is 14.0. The summed E-state index contributed by atoms with van der Waals surface area (Å²) in [7, 11) is 0. The van der Waals surface area contributed by atoms with Gasteiger partial charge in [0, 0.05) is 6.42 Å². The lowest BCUT2D eigenvalue weighted by Gasteiger charge is -2.11. The van der Waals surface area contributed by atoms with Crippen LogP contribution in [0, 0.1) is 11.8 Å². The molecule has 0 saturated heterocycles. The molecule has 0 aromatic carbocycles. The van der Waals surface area contributed by atoms with Crippen molar-refractivity contribution < 1.29 is 64.5 Å². The van der Waals surface area contributed by atoms with E-state index >= 15 is 0 Å². The molecular formula is C23H49N5O13. The van der Waals surface area contributed by atoms with Crippen LogP contribution in [0.3, 0.4) is 0 Å². The number of aliphatic hydroxyl groups excluding tert-OH is 1. The summed E-state index contributed by atoms with van der Waals surface area (Å²) in [6.07, 6.45) is 0.161. The molecule has 18 heteroatoms. The fourth-order valence-electron chi connectivity index (χ4n) is 1.71. The average molecular weight is 604 g/mol. The average Bonchev–Trinajstić information content (AvgIpc) is 2.86. The molecule has 17 N–H and O–H groups in total. The lowest BCUT2D eigenvalue weighted by molar-refractivity contribution is -0.141. The van der Waals surface area contributed by atoms with Crippen LogP contribution < -0.4 is 28.7 Å². The quantitative estimate of drug-likeness (QED) is 0.108. The molecule has 0 rings (SSSR count). The third kappa shape index (κ3) is 38.8. The Balaban J connectivity index is -0.000000134. The van der Waals surface area contributed by atoms with Crippen molar-refractivity contribution in [3.8, 4) is 0 Å². The predicted molar refractivity (Wildman–Crippen MR) is 147 cm³/mol. The van der Waals surface area contributed by atoms with Crippen LogP contribution in [0.1, 0.15) is 60.3 Å². The van der Waals surface area contributed by atoms with Crippen molar-refractivity contribution in [1.82, 2.24) is 0 Å². The van der Waals surface area contributed by atoms with Gasteiger partial charge in [0.25, 0.3) is 0 Å². The Morgan fingerprint density at radius 1 is 0.634 bits per heavy atom. The zero-order valence-corrected chi connectivity index (χ0v) is 24.0. The highest BCUT2D eigenvalue weighted by Crippen LogP contribution is 2.04. The number of hydrogen-bond acceptors (Lipinski definition) is 12. The van der Waals surface area contributed by atoms with Crippen LogP contribution in [0.5, 0.6) is 0 Å². The van der Waals surface area contributed by atoms with E-state index in [4.69, 9.17) is 58.7 Å². The number of carbonyl (C=O) groups is 6. The smallest absolute Gasteiger partial charge is 0.323 e. The van der Waals surface area contributed by atoms with Crippen molar-refractivity contribution in [3.63, 3.8) is 0 Å². The van der Waals surface area contributed by atoms with E-state index in [2.05, 4.69) is 5.73 Å². The number of nitrogens with two attached hydrogens (primary N) is 5. The summed E-state index contributed by atoms with van der Waals surface area (Å²) in [5.41, 5.74) is 25.0. The summed E-state index contributed by atoms with van der Waals surface area (Å²) in [4.78, 5) is 59.3. The second kappa shape index (κ2) is 28.1. The molecule has 0 aromatic rings. The van der Waals surface area contributed by atoms with Gasteiger partial charge in [-0.25, -0.2) is 0 Å². The van der Waals surface area contributed by atoms with Crippen LogP contribution in [-0.2, 0) is 28.8 Å². The molecule has 18 nitrogen and oxygen atoms in total. The van der Waals surface area contributed by atoms with Gasteiger partial charge < -0.3 is 64.4 Å². The van der Waals surface area contributed by atoms with Crippen molar-refractivity contribution in [2.45, 2.75) is 90.6 Å².